The fraction of sp³-hybridized carbons (Fsp3) is 0.0870. The van der Waals surface area contributed by atoms with E-state index in [0.29, 0.717) is 5.56 Å². The Kier molecular flexibility index (Phi) is 5.43. The third kappa shape index (κ3) is 3.86. The van der Waals surface area contributed by atoms with Gasteiger partial charge in [-0.05, 0) is 36.8 Å². The molecule has 0 aromatic heterocycles. The Labute approximate surface area is 149 Å². The fourth-order valence-corrected chi connectivity index (χ4v) is 2.89. The van der Waals surface area contributed by atoms with Gasteiger partial charge in [0.25, 0.3) is 5.91 Å². The molecular formula is C23H21NO. The lowest BCUT2D eigenvalue weighted by Crippen LogP contribution is -2.34. The van der Waals surface area contributed by atoms with E-state index >= 15 is 0 Å². The highest BCUT2D eigenvalue weighted by atomic mass is 16.2. The van der Waals surface area contributed by atoms with Crippen LogP contribution in [0.25, 0.3) is 0 Å². The van der Waals surface area contributed by atoms with Gasteiger partial charge in [0.05, 0.1) is 6.04 Å². The summed E-state index contributed by atoms with van der Waals surface area (Å²) in [5, 5.41) is 0. The Balaban J connectivity index is 2.11. The molecule has 2 heteroatoms. The number of para-hydroxylation sites is 1. The average molecular weight is 327 g/mol. The van der Waals surface area contributed by atoms with E-state index in [4.69, 9.17) is 0 Å². The van der Waals surface area contributed by atoms with Gasteiger partial charge in [-0.15, -0.1) is 0 Å². The SMILES string of the molecule is C/C=C\[C@H](c1ccccc1)N(C(=O)c1ccccc1)c1ccccc1. The van der Waals surface area contributed by atoms with Gasteiger partial charge >= 0.3 is 0 Å². The van der Waals surface area contributed by atoms with E-state index in [0.717, 1.165) is 11.3 Å². The molecule has 0 saturated carbocycles. The summed E-state index contributed by atoms with van der Waals surface area (Å²) in [5.74, 6) is -0.0150. The number of carbonyl (C=O) groups is 1. The molecule has 25 heavy (non-hydrogen) atoms. The van der Waals surface area contributed by atoms with E-state index in [-0.39, 0.29) is 11.9 Å². The minimum absolute atomic E-state index is 0.0150. The number of allylic oxidation sites excluding steroid dienone is 1. The molecule has 0 unspecified atom stereocenters. The molecule has 0 bridgehead atoms. The minimum Gasteiger partial charge on any atom is -0.297 e. The predicted molar refractivity (Wildman–Crippen MR) is 104 cm³/mol. The van der Waals surface area contributed by atoms with Crippen LogP contribution in [0.4, 0.5) is 5.69 Å². The lowest BCUT2D eigenvalue weighted by molar-refractivity contribution is 0.0981. The molecule has 0 N–H and O–H groups in total. The summed E-state index contributed by atoms with van der Waals surface area (Å²) >= 11 is 0. The monoisotopic (exact) mass is 327 g/mol. The Bertz CT molecular complexity index is 826. The second-order valence-electron chi connectivity index (χ2n) is 5.76. The Morgan fingerprint density at radius 3 is 1.88 bits per heavy atom. The molecule has 2 nitrogen and oxygen atoms in total. The van der Waals surface area contributed by atoms with Crippen molar-refractivity contribution < 1.29 is 4.79 Å². The Hall–Kier alpha value is -3.13. The first kappa shape index (κ1) is 16.7. The van der Waals surface area contributed by atoms with Gasteiger partial charge in [-0.25, -0.2) is 0 Å². The highest BCUT2D eigenvalue weighted by Gasteiger charge is 2.25. The number of nitrogens with zero attached hydrogens (tertiary/aromatic N) is 1. The largest absolute Gasteiger partial charge is 0.297 e. The molecule has 1 atom stereocenters. The van der Waals surface area contributed by atoms with Crippen LogP contribution in [-0.2, 0) is 0 Å². The molecule has 0 heterocycles. The van der Waals surface area contributed by atoms with Crippen molar-refractivity contribution in [3.8, 4) is 0 Å². The van der Waals surface area contributed by atoms with Crippen LogP contribution in [0.5, 0.6) is 0 Å². The topological polar surface area (TPSA) is 20.3 Å². The first-order valence-electron chi connectivity index (χ1n) is 8.42. The van der Waals surface area contributed by atoms with E-state index in [1.54, 1.807) is 0 Å². The van der Waals surface area contributed by atoms with E-state index in [9.17, 15) is 4.79 Å². The van der Waals surface area contributed by atoms with Gasteiger partial charge < -0.3 is 0 Å². The molecule has 1 amide bonds. The summed E-state index contributed by atoms with van der Waals surface area (Å²) in [6, 6.07) is 29.2. The number of benzene rings is 3. The highest BCUT2D eigenvalue weighted by molar-refractivity contribution is 6.06. The van der Waals surface area contributed by atoms with E-state index in [1.165, 1.54) is 0 Å². The van der Waals surface area contributed by atoms with Crippen molar-refractivity contribution in [1.82, 2.24) is 0 Å². The standard InChI is InChI=1S/C23H21NO/c1-2-12-22(19-13-6-3-7-14-19)24(21-17-10-5-11-18-21)23(25)20-15-8-4-9-16-20/h2-18,22H,1H3/b12-2-/t22-/m1/s1. The Morgan fingerprint density at radius 1 is 0.800 bits per heavy atom. The van der Waals surface area contributed by atoms with E-state index in [2.05, 4.69) is 18.2 Å². The molecule has 3 aromatic rings. The maximum Gasteiger partial charge on any atom is 0.259 e. The third-order valence-corrected chi connectivity index (χ3v) is 4.07. The van der Waals surface area contributed by atoms with Crippen LogP contribution < -0.4 is 4.90 Å². The first-order valence-corrected chi connectivity index (χ1v) is 8.42. The van der Waals surface area contributed by atoms with Crippen molar-refractivity contribution in [2.45, 2.75) is 13.0 Å². The third-order valence-electron chi connectivity index (χ3n) is 4.07. The van der Waals surface area contributed by atoms with Crippen molar-refractivity contribution in [3.63, 3.8) is 0 Å². The van der Waals surface area contributed by atoms with Crippen LogP contribution in [-0.4, -0.2) is 5.91 Å². The average Bonchev–Trinajstić information content (AvgIpc) is 2.69. The molecule has 3 aromatic carbocycles. The predicted octanol–water partition coefficient (Wildman–Crippen LogP) is 5.65. The van der Waals surface area contributed by atoms with Gasteiger partial charge in [-0.3, -0.25) is 9.69 Å². The smallest absolute Gasteiger partial charge is 0.259 e. The summed E-state index contributed by atoms with van der Waals surface area (Å²) in [6.07, 6.45) is 4.05. The first-order chi connectivity index (χ1) is 12.3. The van der Waals surface area contributed by atoms with Crippen LogP contribution in [0.2, 0.25) is 0 Å². The lowest BCUT2D eigenvalue weighted by atomic mass is 10.0. The zero-order valence-corrected chi connectivity index (χ0v) is 14.2. The van der Waals surface area contributed by atoms with E-state index in [1.807, 2.05) is 96.8 Å². The lowest BCUT2D eigenvalue weighted by Gasteiger charge is -2.30. The minimum atomic E-state index is -0.165. The quantitative estimate of drug-likeness (QED) is 0.554. The van der Waals surface area contributed by atoms with Gasteiger partial charge in [-0.2, -0.15) is 0 Å². The van der Waals surface area contributed by atoms with Crippen LogP contribution >= 0.6 is 0 Å². The molecule has 0 fully saturated rings. The molecule has 0 aliphatic rings. The van der Waals surface area contributed by atoms with Crippen LogP contribution in [0.15, 0.2) is 103 Å². The zero-order chi connectivity index (χ0) is 17.5. The molecule has 0 saturated heterocycles. The van der Waals surface area contributed by atoms with E-state index < -0.39 is 0 Å². The molecular weight excluding hydrogens is 306 g/mol. The molecule has 0 aliphatic heterocycles. The number of hydrogen-bond donors (Lipinski definition) is 0. The van der Waals surface area contributed by atoms with Gasteiger partial charge in [-0.1, -0.05) is 78.9 Å². The molecule has 124 valence electrons. The van der Waals surface area contributed by atoms with Crippen molar-refractivity contribution >= 4 is 11.6 Å². The normalized spacial score (nSPS) is 12.0. The molecule has 0 spiro atoms. The second-order valence-corrected chi connectivity index (χ2v) is 5.76. The van der Waals surface area contributed by atoms with Gasteiger partial charge in [0, 0.05) is 11.3 Å². The van der Waals surface area contributed by atoms with Crippen molar-refractivity contribution in [3.05, 3.63) is 114 Å². The van der Waals surface area contributed by atoms with Gasteiger partial charge in [0.1, 0.15) is 0 Å². The van der Waals surface area contributed by atoms with Crippen LogP contribution in [0.3, 0.4) is 0 Å². The maximum absolute atomic E-state index is 13.3. The second kappa shape index (κ2) is 8.11. The summed E-state index contributed by atoms with van der Waals surface area (Å²) in [6.45, 7) is 1.98. The van der Waals surface area contributed by atoms with Crippen molar-refractivity contribution in [1.29, 1.82) is 0 Å². The molecule has 0 radical (unpaired) electrons. The van der Waals surface area contributed by atoms with Gasteiger partial charge in [0.2, 0.25) is 0 Å². The highest BCUT2D eigenvalue weighted by Crippen LogP contribution is 2.30. The molecule has 3 rings (SSSR count). The Morgan fingerprint density at radius 2 is 1.32 bits per heavy atom. The number of hydrogen-bond acceptors (Lipinski definition) is 1. The van der Waals surface area contributed by atoms with Gasteiger partial charge in [0.15, 0.2) is 0 Å². The van der Waals surface area contributed by atoms with Crippen LogP contribution in [0.1, 0.15) is 28.9 Å². The summed E-state index contributed by atoms with van der Waals surface area (Å²) in [4.78, 5) is 15.2. The van der Waals surface area contributed by atoms with Crippen molar-refractivity contribution in [2.24, 2.45) is 0 Å². The van der Waals surface area contributed by atoms with Crippen molar-refractivity contribution in [2.75, 3.05) is 4.90 Å². The zero-order valence-electron chi connectivity index (χ0n) is 14.2. The maximum atomic E-state index is 13.3. The number of carbonyl (C=O) groups excluding carboxylic acids is 1. The summed E-state index contributed by atoms with van der Waals surface area (Å²) < 4.78 is 0. The summed E-state index contributed by atoms with van der Waals surface area (Å²) in [5.41, 5.74) is 2.63. The number of rotatable bonds is 5. The fourth-order valence-electron chi connectivity index (χ4n) is 2.89. The summed E-state index contributed by atoms with van der Waals surface area (Å²) in [7, 11) is 0. The van der Waals surface area contributed by atoms with Crippen LogP contribution in [0, 0.1) is 0 Å². The number of amides is 1. The number of anilines is 1. The molecule has 0 aliphatic carbocycles.